The zero-order valence-electron chi connectivity index (χ0n) is 20.0. The number of carbonyl (C=O) groups excluding carboxylic acids is 1. The van der Waals surface area contributed by atoms with Gasteiger partial charge in [0.15, 0.2) is 0 Å². The van der Waals surface area contributed by atoms with Gasteiger partial charge in [0.1, 0.15) is 17.3 Å². The highest BCUT2D eigenvalue weighted by Crippen LogP contribution is 2.41. The lowest BCUT2D eigenvalue weighted by Gasteiger charge is -2.20. The second-order valence-corrected chi connectivity index (χ2v) is 9.86. The number of aromatic nitrogens is 1. The summed E-state index contributed by atoms with van der Waals surface area (Å²) in [6.07, 6.45) is 3.91. The first-order valence-corrected chi connectivity index (χ1v) is 12.6. The molecule has 186 valence electrons. The maximum atomic E-state index is 13.9. The number of hydrogen-bond donors (Lipinski definition) is 2. The zero-order valence-corrected chi connectivity index (χ0v) is 20.7. The Morgan fingerprint density at radius 3 is 2.67 bits per heavy atom. The van der Waals surface area contributed by atoms with Crippen molar-refractivity contribution in [3.8, 4) is 11.3 Å². The van der Waals surface area contributed by atoms with Gasteiger partial charge in [-0.1, -0.05) is 23.7 Å². The minimum absolute atomic E-state index is 0.219. The molecule has 2 N–H and O–H groups in total. The second kappa shape index (κ2) is 10.3. The van der Waals surface area contributed by atoms with Gasteiger partial charge in [0.25, 0.3) is 5.91 Å². The van der Waals surface area contributed by atoms with E-state index in [1.54, 1.807) is 31.2 Å². The standard InChI is InChI=1S/C28H27ClF2N4O/c1-16-11-19(6-9-23(16)31)27(18-4-5-18)35-28(36)25-13-17(15-33-26-3-2-10-32-26)12-24(34-25)21-8-7-20(30)14-22(21)29/h6-9,11-14,18,27H,2-5,10,15H2,1H3,(H,32,33)(H,35,36)/t27-/m0/s1. The van der Waals surface area contributed by atoms with Crippen LogP contribution in [-0.4, -0.2) is 23.3 Å². The van der Waals surface area contributed by atoms with E-state index in [2.05, 4.69) is 20.6 Å². The Hall–Kier alpha value is -3.32. The molecule has 0 radical (unpaired) electrons. The quantitative estimate of drug-likeness (QED) is 0.402. The van der Waals surface area contributed by atoms with Gasteiger partial charge in [-0.05, 0) is 85.2 Å². The molecule has 0 saturated heterocycles. The highest BCUT2D eigenvalue weighted by molar-refractivity contribution is 6.33. The van der Waals surface area contributed by atoms with E-state index in [9.17, 15) is 13.6 Å². The Kier molecular flexibility index (Phi) is 7.01. The SMILES string of the molecule is Cc1cc([C@@H](NC(=O)c2cc(CNC3=NCCC3)cc(-c3ccc(F)cc3Cl)n2)C2CC2)ccc1F. The number of pyridine rings is 1. The van der Waals surface area contributed by atoms with Crippen LogP contribution in [0.1, 0.15) is 58.9 Å². The van der Waals surface area contributed by atoms with Gasteiger partial charge >= 0.3 is 0 Å². The summed E-state index contributed by atoms with van der Waals surface area (Å²) in [6, 6.07) is 12.4. The molecule has 2 aliphatic rings. The summed E-state index contributed by atoms with van der Waals surface area (Å²) in [4.78, 5) is 22.5. The molecule has 2 aromatic carbocycles. The third-order valence-corrected chi connectivity index (χ3v) is 6.93. The summed E-state index contributed by atoms with van der Waals surface area (Å²) in [5, 5.41) is 6.68. The van der Waals surface area contributed by atoms with Crippen molar-refractivity contribution in [1.82, 2.24) is 15.6 Å². The Balaban J connectivity index is 1.46. The largest absolute Gasteiger partial charge is 0.370 e. The summed E-state index contributed by atoms with van der Waals surface area (Å²) < 4.78 is 27.5. The van der Waals surface area contributed by atoms with Crippen molar-refractivity contribution in [1.29, 1.82) is 0 Å². The van der Waals surface area contributed by atoms with E-state index in [0.29, 0.717) is 29.3 Å². The average molecular weight is 509 g/mol. The molecule has 0 bridgehead atoms. The number of benzene rings is 2. The first-order valence-electron chi connectivity index (χ1n) is 12.2. The van der Waals surface area contributed by atoms with E-state index >= 15 is 0 Å². The first kappa shape index (κ1) is 24.4. The number of hydrogen-bond acceptors (Lipinski definition) is 4. The molecule has 1 saturated carbocycles. The monoisotopic (exact) mass is 508 g/mol. The summed E-state index contributed by atoms with van der Waals surface area (Å²) in [6.45, 7) is 3.00. The molecule has 1 aromatic heterocycles. The van der Waals surface area contributed by atoms with Gasteiger partial charge in [-0.2, -0.15) is 0 Å². The van der Waals surface area contributed by atoms with Crippen LogP contribution in [0.2, 0.25) is 5.02 Å². The number of aryl methyl sites for hydroxylation is 1. The fourth-order valence-electron chi connectivity index (χ4n) is 4.51. The van der Waals surface area contributed by atoms with Crippen molar-refractivity contribution in [2.24, 2.45) is 10.9 Å². The molecular formula is C28H27ClF2N4O. The van der Waals surface area contributed by atoms with Crippen molar-refractivity contribution in [3.63, 3.8) is 0 Å². The van der Waals surface area contributed by atoms with E-state index in [4.69, 9.17) is 11.6 Å². The van der Waals surface area contributed by atoms with Gasteiger partial charge in [0.2, 0.25) is 0 Å². The average Bonchev–Trinajstić information content (AvgIpc) is 3.56. The molecule has 36 heavy (non-hydrogen) atoms. The van der Waals surface area contributed by atoms with E-state index in [1.807, 2.05) is 6.07 Å². The fourth-order valence-corrected chi connectivity index (χ4v) is 4.77. The molecule has 1 atom stereocenters. The van der Waals surface area contributed by atoms with Gasteiger partial charge in [-0.25, -0.2) is 13.8 Å². The van der Waals surface area contributed by atoms with Gasteiger partial charge < -0.3 is 10.6 Å². The molecule has 5 nitrogen and oxygen atoms in total. The van der Waals surface area contributed by atoms with Gasteiger partial charge in [0.05, 0.1) is 22.6 Å². The number of rotatable bonds is 7. The molecule has 3 aromatic rings. The smallest absolute Gasteiger partial charge is 0.270 e. The van der Waals surface area contributed by atoms with Crippen LogP contribution in [0.5, 0.6) is 0 Å². The Morgan fingerprint density at radius 2 is 1.97 bits per heavy atom. The molecular weight excluding hydrogens is 482 g/mol. The Labute approximate surface area is 214 Å². The maximum Gasteiger partial charge on any atom is 0.270 e. The predicted molar refractivity (Wildman–Crippen MR) is 137 cm³/mol. The third kappa shape index (κ3) is 5.57. The normalized spacial score (nSPS) is 15.9. The molecule has 1 aliphatic heterocycles. The summed E-state index contributed by atoms with van der Waals surface area (Å²) in [5.74, 6) is 0.206. The highest BCUT2D eigenvalue weighted by atomic mass is 35.5. The second-order valence-electron chi connectivity index (χ2n) is 9.45. The molecule has 0 unspecified atom stereocenters. The van der Waals surface area contributed by atoms with Crippen LogP contribution in [0.15, 0.2) is 53.5 Å². The van der Waals surface area contributed by atoms with Crippen LogP contribution in [0.4, 0.5) is 8.78 Å². The number of halogens is 3. The van der Waals surface area contributed by atoms with E-state index < -0.39 is 5.82 Å². The van der Waals surface area contributed by atoms with Crippen LogP contribution in [0.3, 0.4) is 0 Å². The van der Waals surface area contributed by atoms with E-state index in [-0.39, 0.29) is 28.5 Å². The maximum absolute atomic E-state index is 13.9. The van der Waals surface area contributed by atoms with Crippen molar-refractivity contribution in [3.05, 3.63) is 87.6 Å². The lowest BCUT2D eigenvalue weighted by molar-refractivity contribution is 0.0926. The van der Waals surface area contributed by atoms with Gasteiger partial charge in [0, 0.05) is 25.1 Å². The van der Waals surface area contributed by atoms with Crippen molar-refractivity contribution in [2.45, 2.75) is 45.2 Å². The first-order chi connectivity index (χ1) is 17.4. The van der Waals surface area contributed by atoms with E-state index in [0.717, 1.165) is 49.2 Å². The highest BCUT2D eigenvalue weighted by Gasteiger charge is 2.34. The minimum Gasteiger partial charge on any atom is -0.370 e. The lowest BCUT2D eigenvalue weighted by Crippen LogP contribution is -2.31. The molecule has 8 heteroatoms. The number of amides is 1. The number of amidine groups is 1. The number of nitrogens with zero attached hydrogens (tertiary/aromatic N) is 2. The summed E-state index contributed by atoms with van der Waals surface area (Å²) in [7, 11) is 0. The summed E-state index contributed by atoms with van der Waals surface area (Å²) in [5.41, 5.74) is 3.52. The van der Waals surface area contributed by atoms with Gasteiger partial charge in [-0.3, -0.25) is 9.79 Å². The molecule has 2 heterocycles. The van der Waals surface area contributed by atoms with Crippen LogP contribution >= 0.6 is 11.6 Å². The predicted octanol–water partition coefficient (Wildman–Crippen LogP) is 6.15. The molecule has 0 spiro atoms. The van der Waals surface area contributed by atoms with Crippen LogP contribution in [0, 0.1) is 24.5 Å². The fraction of sp³-hybridized carbons (Fsp3) is 0.321. The Bertz CT molecular complexity index is 1340. The van der Waals surface area contributed by atoms with Crippen LogP contribution in [0.25, 0.3) is 11.3 Å². The minimum atomic E-state index is -0.444. The number of aliphatic imine (C=N–C) groups is 1. The lowest BCUT2D eigenvalue weighted by atomic mass is 9.99. The topological polar surface area (TPSA) is 66.4 Å². The molecule has 1 aliphatic carbocycles. The Morgan fingerprint density at radius 1 is 1.14 bits per heavy atom. The molecule has 1 amide bonds. The van der Waals surface area contributed by atoms with E-state index in [1.165, 1.54) is 18.2 Å². The third-order valence-electron chi connectivity index (χ3n) is 6.62. The summed E-state index contributed by atoms with van der Waals surface area (Å²) >= 11 is 6.32. The van der Waals surface area contributed by atoms with Crippen molar-refractivity contribution >= 4 is 23.3 Å². The van der Waals surface area contributed by atoms with Crippen molar-refractivity contribution < 1.29 is 13.6 Å². The zero-order chi connectivity index (χ0) is 25.2. The number of carbonyl (C=O) groups is 1. The molecule has 1 fully saturated rings. The van der Waals surface area contributed by atoms with Crippen molar-refractivity contribution in [2.75, 3.05) is 6.54 Å². The van der Waals surface area contributed by atoms with Crippen LogP contribution in [-0.2, 0) is 6.54 Å². The number of nitrogens with one attached hydrogen (secondary N) is 2. The van der Waals surface area contributed by atoms with Crippen LogP contribution < -0.4 is 10.6 Å². The van der Waals surface area contributed by atoms with Gasteiger partial charge in [-0.15, -0.1) is 0 Å². The molecule has 5 rings (SSSR count).